The molecule has 3 atom stereocenters. The van der Waals surface area contributed by atoms with Crippen LogP contribution in [0.25, 0.3) is 0 Å². The van der Waals surface area contributed by atoms with Crippen molar-refractivity contribution in [1.29, 1.82) is 0 Å². The smallest absolute Gasteiger partial charge is 0.316 e. The Hall–Kier alpha value is -1.42. The number of allylic oxidation sites excluding steroid dienone is 2. The average Bonchev–Trinajstić information content (AvgIpc) is 2.73. The van der Waals surface area contributed by atoms with Crippen molar-refractivity contribution >= 4 is 11.8 Å². The number of Topliss-reactive ketones (excluding diaryl/α,β-unsaturated/α-hetero) is 1. The zero-order chi connectivity index (χ0) is 12.8. The number of rotatable bonds is 6. The number of esters is 1. The Bertz CT molecular complexity index is 332. The summed E-state index contributed by atoms with van der Waals surface area (Å²) in [5.74, 6) is -1.73. The molecule has 0 bridgehead atoms. The van der Waals surface area contributed by atoms with E-state index in [1.54, 1.807) is 18.2 Å². The van der Waals surface area contributed by atoms with Gasteiger partial charge in [0.05, 0.1) is 13.2 Å². The van der Waals surface area contributed by atoms with Crippen LogP contribution >= 0.6 is 0 Å². The van der Waals surface area contributed by atoms with Gasteiger partial charge in [-0.3, -0.25) is 9.59 Å². The van der Waals surface area contributed by atoms with Crippen molar-refractivity contribution in [2.75, 3.05) is 7.11 Å². The van der Waals surface area contributed by atoms with Crippen molar-refractivity contribution in [3.63, 3.8) is 0 Å². The van der Waals surface area contributed by atoms with Crippen molar-refractivity contribution < 1.29 is 19.4 Å². The summed E-state index contributed by atoms with van der Waals surface area (Å²) in [5.41, 5.74) is 0. The van der Waals surface area contributed by atoms with Gasteiger partial charge in [0.2, 0.25) is 0 Å². The van der Waals surface area contributed by atoms with Crippen LogP contribution in [0.5, 0.6) is 0 Å². The quantitative estimate of drug-likeness (QED) is 0.429. The van der Waals surface area contributed by atoms with E-state index in [-0.39, 0.29) is 18.1 Å². The molecular formula is C13H18O4. The zero-order valence-electron chi connectivity index (χ0n) is 9.96. The Labute approximate surface area is 101 Å². The van der Waals surface area contributed by atoms with Gasteiger partial charge in [-0.1, -0.05) is 18.2 Å². The number of ether oxygens (including phenoxy) is 1. The number of aliphatic hydroxyl groups is 1. The van der Waals surface area contributed by atoms with Crippen molar-refractivity contribution in [3.05, 3.63) is 24.8 Å². The van der Waals surface area contributed by atoms with Gasteiger partial charge in [-0.2, -0.15) is 0 Å². The second kappa shape index (κ2) is 6.35. The third-order valence-corrected chi connectivity index (χ3v) is 2.92. The van der Waals surface area contributed by atoms with E-state index in [4.69, 9.17) is 0 Å². The Morgan fingerprint density at radius 2 is 2.29 bits per heavy atom. The fourth-order valence-electron chi connectivity index (χ4n) is 2.03. The summed E-state index contributed by atoms with van der Waals surface area (Å²) >= 11 is 0. The van der Waals surface area contributed by atoms with Gasteiger partial charge < -0.3 is 9.84 Å². The Balaban J connectivity index is 2.73. The molecule has 0 aromatic heterocycles. The standard InChI is InChI=1S/C13H18O4/c1-3-4-5-11(15)12(13(16)17-2)9-6-7-10(14)8-9/h3,6-7,9-10,12,14H,1,4-5,8H2,2H3/t9-,10+,12?/m0/s1. The van der Waals surface area contributed by atoms with Gasteiger partial charge in [-0.25, -0.2) is 0 Å². The average molecular weight is 238 g/mol. The summed E-state index contributed by atoms with van der Waals surface area (Å²) in [6.07, 6.45) is 5.64. The lowest BCUT2D eigenvalue weighted by Gasteiger charge is -2.19. The van der Waals surface area contributed by atoms with E-state index in [0.29, 0.717) is 12.8 Å². The molecular weight excluding hydrogens is 220 g/mol. The third-order valence-electron chi connectivity index (χ3n) is 2.92. The first-order chi connectivity index (χ1) is 8.10. The lowest BCUT2D eigenvalue weighted by atomic mass is 9.86. The van der Waals surface area contributed by atoms with Gasteiger partial charge in [0.25, 0.3) is 0 Å². The highest BCUT2D eigenvalue weighted by Gasteiger charge is 2.36. The Morgan fingerprint density at radius 1 is 1.59 bits per heavy atom. The van der Waals surface area contributed by atoms with E-state index < -0.39 is 18.0 Å². The van der Waals surface area contributed by atoms with Gasteiger partial charge in [-0.05, 0) is 18.8 Å². The minimum atomic E-state index is -0.798. The van der Waals surface area contributed by atoms with E-state index in [1.807, 2.05) is 0 Å². The maximum Gasteiger partial charge on any atom is 0.316 e. The largest absolute Gasteiger partial charge is 0.468 e. The summed E-state index contributed by atoms with van der Waals surface area (Å²) in [5, 5.41) is 9.39. The lowest BCUT2D eigenvalue weighted by Crippen LogP contribution is -2.31. The second-order valence-electron chi connectivity index (χ2n) is 4.15. The van der Waals surface area contributed by atoms with Crippen LogP contribution in [0.2, 0.25) is 0 Å². The molecule has 17 heavy (non-hydrogen) atoms. The number of carbonyl (C=O) groups is 2. The Kier molecular flexibility index (Phi) is 5.10. The van der Waals surface area contributed by atoms with Crippen molar-refractivity contribution in [3.8, 4) is 0 Å². The highest BCUT2D eigenvalue weighted by Crippen LogP contribution is 2.28. The molecule has 1 rings (SSSR count). The number of ketones is 1. The second-order valence-corrected chi connectivity index (χ2v) is 4.15. The summed E-state index contributed by atoms with van der Waals surface area (Å²) in [6.45, 7) is 3.54. The first-order valence-corrected chi connectivity index (χ1v) is 5.68. The predicted octanol–water partition coefficient (Wildman–Crippen LogP) is 1.25. The molecule has 4 nitrogen and oxygen atoms in total. The molecule has 0 aliphatic heterocycles. The summed E-state index contributed by atoms with van der Waals surface area (Å²) < 4.78 is 4.66. The third kappa shape index (κ3) is 3.53. The fourth-order valence-corrected chi connectivity index (χ4v) is 2.03. The highest BCUT2D eigenvalue weighted by atomic mass is 16.5. The van der Waals surface area contributed by atoms with Crippen molar-refractivity contribution in [2.45, 2.75) is 25.4 Å². The zero-order valence-corrected chi connectivity index (χ0v) is 9.96. The normalized spacial score (nSPS) is 24.4. The van der Waals surface area contributed by atoms with Crippen LogP contribution in [0.15, 0.2) is 24.8 Å². The maximum atomic E-state index is 11.9. The van der Waals surface area contributed by atoms with Gasteiger partial charge in [0, 0.05) is 6.42 Å². The van der Waals surface area contributed by atoms with E-state index >= 15 is 0 Å². The van der Waals surface area contributed by atoms with Crippen molar-refractivity contribution in [1.82, 2.24) is 0 Å². The molecule has 0 saturated heterocycles. The van der Waals surface area contributed by atoms with Crippen molar-refractivity contribution in [2.24, 2.45) is 11.8 Å². The number of carbonyl (C=O) groups excluding carboxylic acids is 2. The molecule has 1 unspecified atom stereocenters. The molecule has 0 fully saturated rings. The van der Waals surface area contributed by atoms with Crippen LogP contribution in [0.1, 0.15) is 19.3 Å². The molecule has 0 saturated carbocycles. The fraction of sp³-hybridized carbons (Fsp3) is 0.538. The van der Waals surface area contributed by atoms with E-state index in [9.17, 15) is 14.7 Å². The predicted molar refractivity (Wildman–Crippen MR) is 63.2 cm³/mol. The molecule has 0 heterocycles. The van der Waals surface area contributed by atoms with Gasteiger partial charge in [-0.15, -0.1) is 6.58 Å². The van der Waals surface area contributed by atoms with Gasteiger partial charge in [0.15, 0.2) is 0 Å². The summed E-state index contributed by atoms with van der Waals surface area (Å²) in [6, 6.07) is 0. The minimum absolute atomic E-state index is 0.152. The Morgan fingerprint density at radius 3 is 2.76 bits per heavy atom. The van der Waals surface area contributed by atoms with Crippen LogP contribution < -0.4 is 0 Å². The first-order valence-electron chi connectivity index (χ1n) is 5.68. The summed E-state index contributed by atoms with van der Waals surface area (Å²) in [7, 11) is 1.27. The monoisotopic (exact) mass is 238 g/mol. The topological polar surface area (TPSA) is 63.6 Å². The first kappa shape index (κ1) is 13.6. The van der Waals surface area contributed by atoms with E-state index in [0.717, 1.165) is 0 Å². The molecule has 0 aromatic carbocycles. The molecule has 0 aromatic rings. The highest BCUT2D eigenvalue weighted by molar-refractivity contribution is 5.99. The summed E-state index contributed by atoms with van der Waals surface area (Å²) in [4.78, 5) is 23.6. The van der Waals surface area contributed by atoms with E-state index in [1.165, 1.54) is 7.11 Å². The molecule has 0 radical (unpaired) electrons. The molecule has 4 heteroatoms. The molecule has 0 amide bonds. The molecule has 0 spiro atoms. The number of hydrogen-bond donors (Lipinski definition) is 1. The minimum Gasteiger partial charge on any atom is -0.468 e. The molecule has 94 valence electrons. The molecule has 1 N–H and O–H groups in total. The van der Waals surface area contributed by atoms with Crippen LogP contribution in [0.3, 0.4) is 0 Å². The molecule has 1 aliphatic carbocycles. The van der Waals surface area contributed by atoms with Crippen LogP contribution in [-0.4, -0.2) is 30.1 Å². The molecule has 1 aliphatic rings. The lowest BCUT2D eigenvalue weighted by molar-refractivity contribution is -0.151. The van der Waals surface area contributed by atoms with E-state index in [2.05, 4.69) is 11.3 Å². The van der Waals surface area contributed by atoms with Crippen LogP contribution in [0, 0.1) is 11.8 Å². The van der Waals surface area contributed by atoms with Gasteiger partial charge in [0.1, 0.15) is 11.7 Å². The number of aliphatic hydroxyl groups excluding tert-OH is 1. The SMILES string of the molecule is C=CCCC(=O)C(C(=O)OC)[C@H]1C=C[C@@H](O)C1. The maximum absolute atomic E-state index is 11.9. The number of methoxy groups -OCH3 is 1. The van der Waals surface area contributed by atoms with Crippen LogP contribution in [0.4, 0.5) is 0 Å². The number of hydrogen-bond acceptors (Lipinski definition) is 4. The van der Waals surface area contributed by atoms with Gasteiger partial charge >= 0.3 is 5.97 Å². The van der Waals surface area contributed by atoms with Crippen LogP contribution in [-0.2, 0) is 14.3 Å².